The number of hydrogen-bond donors (Lipinski definition) is 3. The minimum Gasteiger partial charge on any atom is -0.365 e. The molecule has 0 aliphatic carbocycles. The molecule has 182 valence electrons. The average Bonchev–Trinajstić information content (AvgIpc) is 3.01. The number of rotatable bonds is 4. The second-order valence-corrected chi connectivity index (χ2v) is 8.45. The Morgan fingerprint density at radius 2 is 1.88 bits per heavy atom. The molecule has 3 N–H and O–H groups in total. The largest absolute Gasteiger partial charge is 0.433 e. The standard InChI is InChI=1S/C21H20F6N6S/c1-34-19-31-15-7-10-33(18-14(20(22,23)24)3-2-8-28-18)9-6-13(15)17(32-19)30-12-4-5-16(29-11-12)21(25,26)27/h2-5,7-8,10-11,17,19,30-32H,6,9H2,1H3. The van der Waals surface area contributed by atoms with Crippen LogP contribution in [0.2, 0.25) is 0 Å². The SMILES string of the molecule is CSC1NC2=C(CCN(c3ncccc3C(F)(F)F)C=C2)C(Nc2ccc(C(F)(F)F)nc2)N1. The van der Waals surface area contributed by atoms with Gasteiger partial charge in [-0.05, 0) is 48.6 Å². The van der Waals surface area contributed by atoms with Gasteiger partial charge in [-0.25, -0.2) is 9.97 Å². The van der Waals surface area contributed by atoms with E-state index in [1.807, 2.05) is 6.26 Å². The Labute approximate surface area is 195 Å². The maximum atomic E-state index is 13.5. The zero-order chi connectivity index (χ0) is 24.5. The summed E-state index contributed by atoms with van der Waals surface area (Å²) in [6.07, 6.45) is -1.71. The highest BCUT2D eigenvalue weighted by molar-refractivity contribution is 7.99. The molecule has 0 spiro atoms. The predicted molar refractivity (Wildman–Crippen MR) is 118 cm³/mol. The van der Waals surface area contributed by atoms with Crippen molar-refractivity contribution in [3.05, 3.63) is 71.5 Å². The van der Waals surface area contributed by atoms with E-state index >= 15 is 0 Å². The van der Waals surface area contributed by atoms with E-state index in [4.69, 9.17) is 0 Å². The van der Waals surface area contributed by atoms with Crippen LogP contribution in [0.4, 0.5) is 37.8 Å². The lowest BCUT2D eigenvalue weighted by molar-refractivity contribution is -0.141. The molecular formula is C21H20F6N6S. The van der Waals surface area contributed by atoms with E-state index in [9.17, 15) is 26.3 Å². The molecule has 2 aliphatic rings. The molecule has 0 saturated heterocycles. The van der Waals surface area contributed by atoms with Crippen molar-refractivity contribution in [2.45, 2.75) is 30.4 Å². The van der Waals surface area contributed by atoms with Gasteiger partial charge in [-0.15, -0.1) is 11.8 Å². The molecule has 2 aliphatic heterocycles. The van der Waals surface area contributed by atoms with Crippen LogP contribution in [0.15, 0.2) is 60.2 Å². The second kappa shape index (κ2) is 9.37. The van der Waals surface area contributed by atoms with Crippen LogP contribution in [0.3, 0.4) is 0 Å². The number of thioether (sulfide) groups is 1. The number of aromatic nitrogens is 2. The number of halogens is 6. The maximum absolute atomic E-state index is 13.5. The van der Waals surface area contributed by atoms with Crippen LogP contribution in [0.5, 0.6) is 0 Å². The van der Waals surface area contributed by atoms with Crippen LogP contribution < -0.4 is 20.9 Å². The van der Waals surface area contributed by atoms with Crippen LogP contribution in [-0.2, 0) is 12.4 Å². The van der Waals surface area contributed by atoms with E-state index in [1.165, 1.54) is 35.0 Å². The van der Waals surface area contributed by atoms with Gasteiger partial charge in [-0.3, -0.25) is 5.32 Å². The van der Waals surface area contributed by atoms with Crippen molar-refractivity contribution in [2.75, 3.05) is 23.0 Å². The molecule has 2 aromatic rings. The summed E-state index contributed by atoms with van der Waals surface area (Å²) in [6, 6.07) is 4.40. The molecular weight excluding hydrogens is 482 g/mol. The molecule has 0 saturated carbocycles. The summed E-state index contributed by atoms with van der Waals surface area (Å²) in [4.78, 5) is 8.86. The lowest BCUT2D eigenvalue weighted by Crippen LogP contribution is -2.53. The third-order valence-corrected chi connectivity index (χ3v) is 6.03. The van der Waals surface area contributed by atoms with Gasteiger partial charge in [0.15, 0.2) is 0 Å². The number of alkyl halides is 6. The normalized spacial score (nSPS) is 21.1. The van der Waals surface area contributed by atoms with Gasteiger partial charge in [0.25, 0.3) is 0 Å². The van der Waals surface area contributed by atoms with E-state index < -0.39 is 29.8 Å². The number of nitrogens with one attached hydrogen (secondary N) is 3. The fourth-order valence-corrected chi connectivity index (χ4v) is 4.21. The highest BCUT2D eigenvalue weighted by Gasteiger charge is 2.36. The van der Waals surface area contributed by atoms with Crippen LogP contribution in [0.25, 0.3) is 0 Å². The predicted octanol–water partition coefficient (Wildman–Crippen LogP) is 4.77. The summed E-state index contributed by atoms with van der Waals surface area (Å²) in [5.74, 6) is -0.197. The third-order valence-electron chi connectivity index (χ3n) is 5.31. The molecule has 4 heterocycles. The van der Waals surface area contributed by atoms with E-state index in [2.05, 4.69) is 25.9 Å². The minimum atomic E-state index is -4.56. The average molecular weight is 502 g/mol. The first-order valence-electron chi connectivity index (χ1n) is 10.1. The Hall–Kier alpha value is -2.93. The van der Waals surface area contributed by atoms with Gasteiger partial charge in [0.05, 0.1) is 17.4 Å². The minimum absolute atomic E-state index is 0.197. The Kier molecular flexibility index (Phi) is 6.67. The van der Waals surface area contributed by atoms with E-state index in [-0.39, 0.29) is 17.9 Å². The molecule has 6 nitrogen and oxygen atoms in total. The van der Waals surface area contributed by atoms with Crippen molar-refractivity contribution in [1.82, 2.24) is 20.6 Å². The zero-order valence-electron chi connectivity index (χ0n) is 17.7. The van der Waals surface area contributed by atoms with Gasteiger partial charge in [0, 0.05) is 24.6 Å². The Bertz CT molecular complexity index is 1080. The number of anilines is 2. The molecule has 0 bridgehead atoms. The van der Waals surface area contributed by atoms with E-state index in [0.29, 0.717) is 17.8 Å². The van der Waals surface area contributed by atoms with Gasteiger partial charge in [-0.1, -0.05) is 0 Å². The van der Waals surface area contributed by atoms with Gasteiger partial charge in [0.2, 0.25) is 0 Å². The molecule has 0 fully saturated rings. The summed E-state index contributed by atoms with van der Waals surface area (Å²) >= 11 is 1.46. The summed E-state index contributed by atoms with van der Waals surface area (Å²) < 4.78 is 78.9. The molecule has 0 amide bonds. The molecule has 0 radical (unpaired) electrons. The van der Waals surface area contributed by atoms with Crippen LogP contribution in [0, 0.1) is 0 Å². The highest BCUT2D eigenvalue weighted by Crippen LogP contribution is 2.36. The van der Waals surface area contributed by atoms with Crippen LogP contribution in [-0.4, -0.2) is 34.4 Å². The van der Waals surface area contributed by atoms with E-state index in [0.717, 1.165) is 23.9 Å². The first kappa shape index (κ1) is 24.2. The van der Waals surface area contributed by atoms with Crippen molar-refractivity contribution in [2.24, 2.45) is 0 Å². The van der Waals surface area contributed by atoms with Gasteiger partial charge in [0.1, 0.15) is 23.2 Å². The monoisotopic (exact) mass is 502 g/mol. The fourth-order valence-electron chi connectivity index (χ4n) is 3.69. The third kappa shape index (κ3) is 5.25. The smallest absolute Gasteiger partial charge is 0.365 e. The molecule has 34 heavy (non-hydrogen) atoms. The molecule has 13 heteroatoms. The van der Waals surface area contributed by atoms with Crippen molar-refractivity contribution in [3.8, 4) is 0 Å². The Morgan fingerprint density at radius 3 is 2.53 bits per heavy atom. The van der Waals surface area contributed by atoms with Crippen LogP contribution >= 0.6 is 11.8 Å². The molecule has 2 aromatic heterocycles. The summed E-state index contributed by atoms with van der Waals surface area (Å²) in [5.41, 5.74) is -0.181. The van der Waals surface area contributed by atoms with Gasteiger partial charge < -0.3 is 15.5 Å². The van der Waals surface area contributed by atoms with Crippen molar-refractivity contribution >= 4 is 23.3 Å². The molecule has 0 aromatic carbocycles. The Balaban J connectivity index is 1.58. The number of pyridine rings is 2. The molecule has 2 atom stereocenters. The first-order chi connectivity index (χ1) is 16.1. The maximum Gasteiger partial charge on any atom is 0.433 e. The Morgan fingerprint density at radius 1 is 1.09 bits per heavy atom. The van der Waals surface area contributed by atoms with Crippen molar-refractivity contribution in [3.63, 3.8) is 0 Å². The van der Waals surface area contributed by atoms with Crippen molar-refractivity contribution < 1.29 is 26.3 Å². The summed E-state index contributed by atoms with van der Waals surface area (Å²) in [6.45, 7) is 0.214. The fraction of sp³-hybridized carbons (Fsp3) is 0.333. The highest BCUT2D eigenvalue weighted by atomic mass is 32.2. The topological polar surface area (TPSA) is 65.1 Å². The molecule has 4 rings (SSSR count). The van der Waals surface area contributed by atoms with Crippen LogP contribution in [0.1, 0.15) is 17.7 Å². The number of nitrogens with zero attached hydrogens (tertiary/aromatic N) is 3. The second-order valence-electron chi connectivity index (χ2n) is 7.50. The summed E-state index contributed by atoms with van der Waals surface area (Å²) in [7, 11) is 0. The number of hydrogen-bond acceptors (Lipinski definition) is 7. The van der Waals surface area contributed by atoms with Crippen molar-refractivity contribution in [1.29, 1.82) is 0 Å². The molecule has 2 unspecified atom stereocenters. The number of allylic oxidation sites excluding steroid dienone is 1. The lowest BCUT2D eigenvalue weighted by atomic mass is 10.0. The lowest BCUT2D eigenvalue weighted by Gasteiger charge is -2.35. The van der Waals surface area contributed by atoms with Gasteiger partial charge in [-0.2, -0.15) is 26.3 Å². The first-order valence-corrected chi connectivity index (χ1v) is 11.4. The zero-order valence-corrected chi connectivity index (χ0v) is 18.5. The quantitative estimate of drug-likeness (QED) is 0.521. The van der Waals surface area contributed by atoms with E-state index in [1.54, 1.807) is 12.3 Å². The van der Waals surface area contributed by atoms with Gasteiger partial charge >= 0.3 is 12.4 Å². The summed E-state index contributed by atoms with van der Waals surface area (Å²) in [5, 5.41) is 9.72.